The summed E-state index contributed by atoms with van der Waals surface area (Å²) in [5.74, 6) is -1.03. The number of halogens is 1. The van der Waals surface area contributed by atoms with E-state index in [4.69, 9.17) is 11.6 Å². The number of carbonyl (C=O) groups is 2. The number of nitrogens with zero attached hydrogens (tertiary/aromatic N) is 2. The summed E-state index contributed by atoms with van der Waals surface area (Å²) in [6.07, 6.45) is 2.45. The average Bonchev–Trinajstić information content (AvgIpc) is 2.81. The van der Waals surface area contributed by atoms with E-state index < -0.39 is 11.9 Å². The molecule has 0 aliphatic carbocycles. The van der Waals surface area contributed by atoms with Gasteiger partial charge in [0.2, 0.25) is 0 Å². The Labute approximate surface area is 134 Å². The number of hydrogen-bond donors (Lipinski definition) is 2. The number of esters is 1. The second kappa shape index (κ2) is 7.10. The Bertz CT molecular complexity index is 715. The van der Waals surface area contributed by atoms with Crippen LogP contribution in [0.1, 0.15) is 5.56 Å². The summed E-state index contributed by atoms with van der Waals surface area (Å²) < 4.78 is 4.44. The van der Waals surface area contributed by atoms with Crippen molar-refractivity contribution in [2.24, 2.45) is 10.2 Å². The molecule has 0 spiro atoms. The highest BCUT2D eigenvalue weighted by atomic mass is 35.5. The van der Waals surface area contributed by atoms with Crippen LogP contribution < -0.4 is 5.32 Å². The Morgan fingerprint density at radius 3 is 2.95 bits per heavy atom. The van der Waals surface area contributed by atoms with Crippen LogP contribution in [0.5, 0.6) is 5.75 Å². The van der Waals surface area contributed by atoms with E-state index in [0.29, 0.717) is 10.6 Å². The van der Waals surface area contributed by atoms with Crippen molar-refractivity contribution in [2.45, 2.75) is 0 Å². The molecule has 22 heavy (non-hydrogen) atoms. The van der Waals surface area contributed by atoms with Crippen molar-refractivity contribution < 1.29 is 19.4 Å². The quantitative estimate of drug-likeness (QED) is 0.377. The molecule has 0 aromatic heterocycles. The van der Waals surface area contributed by atoms with Gasteiger partial charge in [-0.05, 0) is 30.0 Å². The minimum absolute atomic E-state index is 0.0460. The van der Waals surface area contributed by atoms with E-state index in [9.17, 15) is 14.7 Å². The molecule has 0 saturated carbocycles. The van der Waals surface area contributed by atoms with Crippen LogP contribution in [-0.4, -0.2) is 35.5 Å². The molecule has 1 saturated heterocycles. The Morgan fingerprint density at radius 2 is 2.27 bits per heavy atom. The minimum atomic E-state index is -0.627. The summed E-state index contributed by atoms with van der Waals surface area (Å²) in [7, 11) is 1.22. The monoisotopic (exact) mass is 339 g/mol. The fourth-order valence-electron chi connectivity index (χ4n) is 1.41. The van der Waals surface area contributed by atoms with Gasteiger partial charge in [-0.15, -0.1) is 5.10 Å². The first kappa shape index (κ1) is 16.1. The van der Waals surface area contributed by atoms with Crippen LogP contribution in [0.25, 0.3) is 0 Å². The number of phenols is 1. The second-order valence-electron chi connectivity index (χ2n) is 3.94. The number of phenolic OH excluding ortho intramolecular Hbond substituents is 1. The van der Waals surface area contributed by atoms with Gasteiger partial charge in [-0.3, -0.25) is 10.1 Å². The van der Waals surface area contributed by atoms with Gasteiger partial charge in [-0.25, -0.2) is 4.79 Å². The molecule has 1 aliphatic rings. The van der Waals surface area contributed by atoms with Crippen molar-refractivity contribution in [1.29, 1.82) is 0 Å². The maximum atomic E-state index is 11.6. The molecule has 0 bridgehead atoms. The van der Waals surface area contributed by atoms with E-state index in [0.717, 1.165) is 17.8 Å². The number of amides is 1. The number of methoxy groups -OCH3 is 1. The zero-order valence-electron chi connectivity index (χ0n) is 11.2. The van der Waals surface area contributed by atoms with Gasteiger partial charge in [-0.1, -0.05) is 11.6 Å². The molecule has 1 heterocycles. The van der Waals surface area contributed by atoms with Gasteiger partial charge in [0, 0.05) is 11.6 Å². The van der Waals surface area contributed by atoms with Crippen molar-refractivity contribution in [2.75, 3.05) is 7.11 Å². The van der Waals surface area contributed by atoms with Crippen LogP contribution >= 0.6 is 23.4 Å². The van der Waals surface area contributed by atoms with E-state index in [1.54, 1.807) is 6.07 Å². The summed E-state index contributed by atoms with van der Waals surface area (Å²) in [5.41, 5.74) is 0.559. The number of rotatable bonds is 3. The van der Waals surface area contributed by atoms with Crippen LogP contribution in [0.3, 0.4) is 0 Å². The number of amidine groups is 1. The van der Waals surface area contributed by atoms with Crippen molar-refractivity contribution in [3.05, 3.63) is 39.8 Å². The molecule has 1 aromatic carbocycles. The second-order valence-corrected chi connectivity index (χ2v) is 5.38. The smallest absolute Gasteiger partial charge is 0.331 e. The lowest BCUT2D eigenvalue weighted by Crippen LogP contribution is -2.19. The molecule has 2 rings (SSSR count). The molecule has 1 aliphatic heterocycles. The zero-order valence-corrected chi connectivity index (χ0v) is 12.8. The maximum absolute atomic E-state index is 11.6. The van der Waals surface area contributed by atoms with Gasteiger partial charge < -0.3 is 9.84 Å². The molecule has 114 valence electrons. The molecule has 1 amide bonds. The lowest BCUT2D eigenvalue weighted by Gasteiger charge is -1.97. The molecule has 9 heteroatoms. The van der Waals surface area contributed by atoms with Crippen molar-refractivity contribution in [3.63, 3.8) is 0 Å². The fraction of sp³-hybridized carbons (Fsp3) is 0.0769. The number of ether oxygens (including phenoxy) is 1. The topological polar surface area (TPSA) is 100 Å². The number of aromatic hydroxyl groups is 1. The van der Waals surface area contributed by atoms with E-state index in [1.165, 1.54) is 25.5 Å². The lowest BCUT2D eigenvalue weighted by molar-refractivity contribution is -0.135. The van der Waals surface area contributed by atoms with Crippen LogP contribution in [0.4, 0.5) is 0 Å². The molecule has 7 nitrogen and oxygen atoms in total. The SMILES string of the molecule is COC(=O)/C=C1/S/C(=N\N=Cc2ccc(O)cc2Cl)NC1=O. The number of carbonyl (C=O) groups excluding carboxylic acids is 2. The number of hydrogen-bond acceptors (Lipinski definition) is 7. The van der Waals surface area contributed by atoms with E-state index in [-0.39, 0.29) is 15.8 Å². The molecule has 0 radical (unpaired) electrons. The van der Waals surface area contributed by atoms with Crippen molar-refractivity contribution >= 4 is 46.6 Å². The first-order valence-corrected chi connectivity index (χ1v) is 7.07. The highest BCUT2D eigenvalue weighted by Gasteiger charge is 2.24. The third kappa shape index (κ3) is 4.09. The first-order chi connectivity index (χ1) is 10.5. The number of thioether (sulfide) groups is 1. The van der Waals surface area contributed by atoms with Crippen LogP contribution in [0.2, 0.25) is 5.02 Å². The Morgan fingerprint density at radius 1 is 1.50 bits per heavy atom. The van der Waals surface area contributed by atoms with Gasteiger partial charge >= 0.3 is 5.97 Å². The third-order valence-electron chi connectivity index (χ3n) is 2.43. The largest absolute Gasteiger partial charge is 0.508 e. The molecule has 2 N–H and O–H groups in total. The van der Waals surface area contributed by atoms with E-state index >= 15 is 0 Å². The summed E-state index contributed by atoms with van der Waals surface area (Å²) >= 11 is 6.88. The molecule has 0 atom stereocenters. The summed E-state index contributed by atoms with van der Waals surface area (Å²) in [4.78, 5) is 22.8. The third-order valence-corrected chi connectivity index (χ3v) is 3.66. The standard InChI is InChI=1S/C13H10ClN3O4S/c1-21-11(19)5-10-12(20)16-13(22-10)17-15-6-7-2-3-8(18)4-9(7)14/h2-6,18H,1H3,(H,16,17,20)/b10-5+,15-6?. The first-order valence-electron chi connectivity index (χ1n) is 5.88. The highest BCUT2D eigenvalue weighted by molar-refractivity contribution is 8.18. The van der Waals surface area contributed by atoms with Crippen molar-refractivity contribution in [1.82, 2.24) is 5.32 Å². The molecule has 0 unspecified atom stereocenters. The van der Waals surface area contributed by atoms with Gasteiger partial charge in [0.1, 0.15) is 5.75 Å². The van der Waals surface area contributed by atoms with Crippen LogP contribution in [0, 0.1) is 0 Å². The summed E-state index contributed by atoms with van der Waals surface area (Å²) in [6, 6.07) is 4.41. The van der Waals surface area contributed by atoms with E-state index in [1.807, 2.05) is 0 Å². The van der Waals surface area contributed by atoms with Gasteiger partial charge in [0.15, 0.2) is 5.17 Å². The Hall–Kier alpha value is -2.32. The average molecular weight is 340 g/mol. The predicted molar refractivity (Wildman–Crippen MR) is 84.0 cm³/mol. The van der Waals surface area contributed by atoms with Gasteiger partial charge in [0.25, 0.3) is 5.91 Å². The molecule has 1 fully saturated rings. The summed E-state index contributed by atoms with van der Waals surface area (Å²) in [6.45, 7) is 0. The normalized spacial score (nSPS) is 18.2. The van der Waals surface area contributed by atoms with Crippen LogP contribution in [-0.2, 0) is 14.3 Å². The lowest BCUT2D eigenvalue weighted by atomic mass is 10.2. The minimum Gasteiger partial charge on any atom is -0.508 e. The van der Waals surface area contributed by atoms with Gasteiger partial charge in [0.05, 0.1) is 23.3 Å². The summed E-state index contributed by atoms with van der Waals surface area (Å²) in [5, 5.41) is 19.9. The van der Waals surface area contributed by atoms with E-state index in [2.05, 4.69) is 20.3 Å². The highest BCUT2D eigenvalue weighted by Crippen LogP contribution is 2.24. The predicted octanol–water partition coefficient (Wildman–Crippen LogP) is 1.66. The van der Waals surface area contributed by atoms with Gasteiger partial charge in [-0.2, -0.15) is 5.10 Å². The molecule has 1 aromatic rings. The maximum Gasteiger partial charge on any atom is 0.331 e. The van der Waals surface area contributed by atoms with Crippen LogP contribution in [0.15, 0.2) is 39.4 Å². The molecular weight excluding hydrogens is 330 g/mol. The molecular formula is C13H10ClN3O4S. The Balaban J connectivity index is 2.08. The number of benzene rings is 1. The zero-order chi connectivity index (χ0) is 16.1. The van der Waals surface area contributed by atoms with Crippen molar-refractivity contribution in [3.8, 4) is 5.75 Å². The number of nitrogens with one attached hydrogen (secondary N) is 1. The fourth-order valence-corrected chi connectivity index (χ4v) is 2.37. The Kier molecular flexibility index (Phi) is 5.18.